The Hall–Kier alpha value is -2.65. The summed E-state index contributed by atoms with van der Waals surface area (Å²) < 4.78 is 37.5. The van der Waals surface area contributed by atoms with Crippen molar-refractivity contribution in [1.29, 1.82) is 0 Å². The van der Waals surface area contributed by atoms with Crippen LogP contribution in [0.4, 0.5) is 19.0 Å². The standard InChI is InChI=1S/C10H7F3N4O3/c1-4-2-6(16-9(20)10(11,12)13)17-7(15-4)5(3-14-17)8(18)19/h2-3H,1H3,(H,16,20)(H,18,19). The number of alkyl halides is 3. The summed E-state index contributed by atoms with van der Waals surface area (Å²) in [6.45, 7) is 1.45. The second-order valence-electron chi connectivity index (χ2n) is 3.83. The summed E-state index contributed by atoms with van der Waals surface area (Å²) in [7, 11) is 0. The highest BCUT2D eigenvalue weighted by Crippen LogP contribution is 2.20. The lowest BCUT2D eigenvalue weighted by molar-refractivity contribution is -0.167. The fourth-order valence-electron chi connectivity index (χ4n) is 1.51. The second kappa shape index (κ2) is 4.47. The lowest BCUT2D eigenvalue weighted by Crippen LogP contribution is -2.31. The maximum Gasteiger partial charge on any atom is 0.471 e. The predicted octanol–water partition coefficient (Wildman–Crippen LogP) is 1.24. The fraction of sp³-hybridized carbons (Fsp3) is 0.200. The molecule has 0 aliphatic carbocycles. The van der Waals surface area contributed by atoms with Gasteiger partial charge in [-0.05, 0) is 6.92 Å². The van der Waals surface area contributed by atoms with Gasteiger partial charge in [-0.25, -0.2) is 9.78 Å². The molecule has 0 aliphatic rings. The molecule has 0 aromatic carbocycles. The van der Waals surface area contributed by atoms with Gasteiger partial charge in [0.25, 0.3) is 0 Å². The smallest absolute Gasteiger partial charge is 0.471 e. The first-order chi connectivity index (χ1) is 9.20. The van der Waals surface area contributed by atoms with E-state index in [1.807, 2.05) is 0 Å². The van der Waals surface area contributed by atoms with Crippen molar-refractivity contribution >= 4 is 23.3 Å². The number of nitrogens with zero attached hydrogens (tertiary/aromatic N) is 3. The number of aromatic nitrogens is 3. The second-order valence-corrected chi connectivity index (χ2v) is 3.83. The molecule has 2 aromatic heterocycles. The van der Waals surface area contributed by atoms with Gasteiger partial charge in [-0.1, -0.05) is 0 Å². The number of carboxylic acids is 1. The van der Waals surface area contributed by atoms with Crippen LogP contribution >= 0.6 is 0 Å². The van der Waals surface area contributed by atoms with Crippen molar-refractivity contribution in [2.75, 3.05) is 5.32 Å². The Balaban J connectivity index is 2.54. The van der Waals surface area contributed by atoms with Crippen LogP contribution in [0.2, 0.25) is 0 Å². The molecule has 0 bridgehead atoms. The molecule has 2 N–H and O–H groups in total. The zero-order chi connectivity index (χ0) is 15.1. The van der Waals surface area contributed by atoms with Crippen molar-refractivity contribution in [2.24, 2.45) is 0 Å². The van der Waals surface area contributed by atoms with Gasteiger partial charge in [-0.2, -0.15) is 22.8 Å². The molecule has 0 fully saturated rings. The van der Waals surface area contributed by atoms with E-state index in [0.717, 1.165) is 16.8 Å². The molecule has 2 aromatic rings. The van der Waals surface area contributed by atoms with Crippen LogP contribution in [0.5, 0.6) is 0 Å². The van der Waals surface area contributed by atoms with Crippen LogP contribution in [-0.4, -0.2) is 37.8 Å². The lowest BCUT2D eigenvalue weighted by Gasteiger charge is -2.10. The third-order valence-corrected chi connectivity index (χ3v) is 2.33. The Morgan fingerprint density at radius 2 is 2.05 bits per heavy atom. The highest BCUT2D eigenvalue weighted by Gasteiger charge is 2.39. The lowest BCUT2D eigenvalue weighted by atomic mass is 10.3. The SMILES string of the molecule is Cc1cc(NC(=O)C(F)(F)F)n2ncc(C(=O)O)c2n1. The van der Waals surface area contributed by atoms with Gasteiger partial charge < -0.3 is 10.4 Å². The largest absolute Gasteiger partial charge is 0.477 e. The Morgan fingerprint density at radius 3 is 2.60 bits per heavy atom. The number of anilines is 1. The number of rotatable bonds is 2. The maximum atomic E-state index is 12.2. The monoisotopic (exact) mass is 288 g/mol. The number of nitrogens with one attached hydrogen (secondary N) is 1. The average molecular weight is 288 g/mol. The number of carbonyl (C=O) groups is 2. The molecule has 0 radical (unpaired) electrons. The van der Waals surface area contributed by atoms with Gasteiger partial charge in [0.2, 0.25) is 0 Å². The van der Waals surface area contributed by atoms with Gasteiger partial charge in [-0.15, -0.1) is 0 Å². The zero-order valence-corrected chi connectivity index (χ0v) is 9.89. The highest BCUT2D eigenvalue weighted by atomic mass is 19.4. The summed E-state index contributed by atoms with van der Waals surface area (Å²) in [4.78, 5) is 25.7. The van der Waals surface area contributed by atoms with Gasteiger partial charge in [0.1, 0.15) is 11.4 Å². The molecule has 2 heterocycles. The summed E-state index contributed by atoms with van der Waals surface area (Å²) in [5, 5.41) is 14.1. The molecular formula is C10H7F3N4O3. The Bertz CT molecular complexity index is 708. The van der Waals surface area contributed by atoms with Crippen LogP contribution in [0.25, 0.3) is 5.65 Å². The van der Waals surface area contributed by atoms with Crippen LogP contribution in [0.1, 0.15) is 16.1 Å². The minimum absolute atomic E-state index is 0.157. The molecule has 10 heteroatoms. The van der Waals surface area contributed by atoms with E-state index in [0.29, 0.717) is 0 Å². The van der Waals surface area contributed by atoms with E-state index in [1.54, 1.807) is 5.32 Å². The van der Waals surface area contributed by atoms with Gasteiger partial charge in [0.05, 0.1) is 6.20 Å². The minimum Gasteiger partial charge on any atom is -0.477 e. The summed E-state index contributed by atoms with van der Waals surface area (Å²) >= 11 is 0. The number of carbonyl (C=O) groups excluding carboxylic acids is 1. The number of halogens is 3. The number of hydrogen-bond donors (Lipinski definition) is 2. The van der Waals surface area contributed by atoms with E-state index in [2.05, 4.69) is 10.1 Å². The zero-order valence-electron chi connectivity index (χ0n) is 9.89. The Kier molecular flexibility index (Phi) is 3.08. The molecule has 106 valence electrons. The molecule has 0 saturated heterocycles. The van der Waals surface area contributed by atoms with Crippen LogP contribution in [0.15, 0.2) is 12.3 Å². The van der Waals surface area contributed by atoms with E-state index >= 15 is 0 Å². The number of carboxylic acid groups (broad SMARTS) is 1. The number of hydrogen-bond acceptors (Lipinski definition) is 4. The molecule has 0 saturated carbocycles. The van der Waals surface area contributed by atoms with E-state index in [4.69, 9.17) is 5.11 Å². The van der Waals surface area contributed by atoms with E-state index in [9.17, 15) is 22.8 Å². The molecule has 0 aliphatic heterocycles. The number of aryl methyl sites for hydroxylation is 1. The first-order valence-electron chi connectivity index (χ1n) is 5.17. The van der Waals surface area contributed by atoms with Gasteiger partial charge in [0.15, 0.2) is 5.65 Å². The molecular weight excluding hydrogens is 281 g/mol. The Morgan fingerprint density at radius 1 is 1.40 bits per heavy atom. The quantitative estimate of drug-likeness (QED) is 0.866. The van der Waals surface area contributed by atoms with Crippen LogP contribution < -0.4 is 5.32 Å². The molecule has 0 atom stereocenters. The average Bonchev–Trinajstić information content (AvgIpc) is 2.71. The van der Waals surface area contributed by atoms with Crippen molar-refractivity contribution in [3.63, 3.8) is 0 Å². The molecule has 1 amide bonds. The first-order valence-corrected chi connectivity index (χ1v) is 5.17. The molecule has 20 heavy (non-hydrogen) atoms. The summed E-state index contributed by atoms with van der Waals surface area (Å²) in [5.74, 6) is -3.83. The minimum atomic E-state index is -5.06. The number of fused-ring (bicyclic) bond motifs is 1. The molecule has 0 unspecified atom stereocenters. The third-order valence-electron chi connectivity index (χ3n) is 2.33. The van der Waals surface area contributed by atoms with Crippen LogP contribution in [0, 0.1) is 6.92 Å². The van der Waals surface area contributed by atoms with Crippen molar-refractivity contribution in [3.8, 4) is 0 Å². The van der Waals surface area contributed by atoms with Crippen LogP contribution in [0.3, 0.4) is 0 Å². The van der Waals surface area contributed by atoms with Crippen molar-refractivity contribution in [2.45, 2.75) is 13.1 Å². The highest BCUT2D eigenvalue weighted by molar-refractivity contribution is 5.96. The molecule has 7 nitrogen and oxygen atoms in total. The van der Waals surface area contributed by atoms with Gasteiger partial charge in [-0.3, -0.25) is 4.79 Å². The van der Waals surface area contributed by atoms with E-state index in [-0.39, 0.29) is 22.7 Å². The topological polar surface area (TPSA) is 96.6 Å². The predicted molar refractivity (Wildman–Crippen MR) is 59.4 cm³/mol. The van der Waals surface area contributed by atoms with Crippen LogP contribution in [-0.2, 0) is 4.79 Å². The summed E-state index contributed by atoms with van der Waals surface area (Å²) in [5.41, 5.74) is -0.204. The fourth-order valence-corrected chi connectivity index (χ4v) is 1.51. The normalized spacial score (nSPS) is 11.6. The Labute approximate surface area is 109 Å². The van der Waals surface area contributed by atoms with Gasteiger partial charge >= 0.3 is 18.1 Å². The van der Waals surface area contributed by atoms with Gasteiger partial charge in [0, 0.05) is 11.8 Å². The van der Waals surface area contributed by atoms with Crippen molar-refractivity contribution in [3.05, 3.63) is 23.5 Å². The molecule has 2 rings (SSSR count). The summed E-state index contributed by atoms with van der Waals surface area (Å²) in [6, 6.07) is 1.15. The van der Waals surface area contributed by atoms with Crippen molar-refractivity contribution in [1.82, 2.24) is 14.6 Å². The maximum absolute atomic E-state index is 12.2. The van der Waals surface area contributed by atoms with Crippen molar-refractivity contribution < 1.29 is 27.9 Å². The molecule has 0 spiro atoms. The third kappa shape index (κ3) is 2.39. The van der Waals surface area contributed by atoms with E-state index in [1.165, 1.54) is 6.92 Å². The van der Waals surface area contributed by atoms with E-state index < -0.39 is 18.1 Å². The number of aromatic carboxylic acids is 1. The number of amides is 1. The summed E-state index contributed by atoms with van der Waals surface area (Å²) in [6.07, 6.45) is -4.13. The first kappa shape index (κ1) is 13.8.